The van der Waals surface area contributed by atoms with Crippen molar-refractivity contribution in [2.45, 2.75) is 64.6 Å². The summed E-state index contributed by atoms with van der Waals surface area (Å²) in [5.41, 5.74) is -0.0408. The van der Waals surface area contributed by atoms with Crippen LogP contribution in [0.5, 0.6) is 0 Å². The predicted octanol–water partition coefficient (Wildman–Crippen LogP) is -2.33. The van der Waals surface area contributed by atoms with Crippen LogP contribution >= 0.6 is 11.8 Å². The van der Waals surface area contributed by atoms with Crippen molar-refractivity contribution in [3.05, 3.63) is 47.3 Å². The Morgan fingerprint density at radius 3 is 2.15 bits per heavy atom. The van der Waals surface area contributed by atoms with E-state index in [-0.39, 0.29) is 111 Å². The number of imide groups is 1. The molecule has 0 aliphatic carbocycles. The van der Waals surface area contributed by atoms with Crippen LogP contribution in [0.1, 0.15) is 55.5 Å². The zero-order valence-corrected chi connectivity index (χ0v) is 48.0. The highest BCUT2D eigenvalue weighted by atomic mass is 32.2. The predicted molar refractivity (Wildman–Crippen MR) is 292 cm³/mol. The van der Waals surface area contributed by atoms with Crippen molar-refractivity contribution in [1.82, 2.24) is 51.1 Å². The first-order valence-electron chi connectivity index (χ1n) is 26.8. The van der Waals surface area contributed by atoms with Gasteiger partial charge in [0.1, 0.15) is 24.5 Å². The van der Waals surface area contributed by atoms with Crippen LogP contribution in [0.15, 0.2) is 30.4 Å². The molecule has 6 N–H and O–H groups in total. The second-order valence-electron chi connectivity index (χ2n) is 18.8. The standard InChI is InChI=1S/C52H79FN10O18S/c1-6-59(3)32-46(69)79-52-80-47(70)33-60(4)18-19-62(34-48(71)81-52)21-20-61(7-2)31-42(65)54-16-22-76-23-24-77-25-26-78-35-43(66)55-29-36-11-12-38(53)37(28-36)49(72)58-39(15-27-82-5)50(73)56-30-41(64)57-40(51(74)75)10-8-9-17-63-44(67)13-14-45(63)68/h11-14,28,39-40,52H,6-10,15-27,29-35H2,1-5H3,(H,54,65)(H,55,66)(H,56,73)(H,57,64)(H,58,72)(H,74,75)/t39-,40-,52?/m0/s1. The van der Waals surface area contributed by atoms with Crippen LogP contribution in [0, 0.1) is 5.82 Å². The number of carboxylic acid groups (broad SMARTS) is 1. The van der Waals surface area contributed by atoms with Gasteiger partial charge < -0.3 is 60.1 Å². The Hall–Kier alpha value is -6.67. The van der Waals surface area contributed by atoms with E-state index in [9.17, 15) is 62.2 Å². The maximum atomic E-state index is 14.9. The molecule has 28 nitrogen and oxygen atoms in total. The third-order valence-corrected chi connectivity index (χ3v) is 13.0. The molecule has 7 amide bonds. The van der Waals surface area contributed by atoms with Crippen LogP contribution in [0.3, 0.4) is 0 Å². The lowest BCUT2D eigenvalue weighted by Crippen LogP contribution is -2.51. The highest BCUT2D eigenvalue weighted by Crippen LogP contribution is 2.14. The second kappa shape index (κ2) is 38.9. The van der Waals surface area contributed by atoms with Crippen LogP contribution in [-0.2, 0) is 82.9 Å². The molecule has 458 valence electrons. The minimum atomic E-state index is -1.82. The van der Waals surface area contributed by atoms with Crippen LogP contribution in [0.25, 0.3) is 0 Å². The Balaban J connectivity index is 1.29. The molecular formula is C52H79FN10O18S. The molecule has 1 aromatic carbocycles. The van der Waals surface area contributed by atoms with E-state index >= 15 is 0 Å². The molecule has 0 bridgehead atoms. The van der Waals surface area contributed by atoms with Crippen molar-refractivity contribution in [3.63, 3.8) is 0 Å². The number of nitrogens with one attached hydrogen (secondary N) is 5. The quantitative estimate of drug-likeness (QED) is 0.0230. The van der Waals surface area contributed by atoms with E-state index in [2.05, 4.69) is 26.6 Å². The summed E-state index contributed by atoms with van der Waals surface area (Å²) in [6, 6.07) is 1.11. The maximum Gasteiger partial charge on any atom is 0.412 e. The molecule has 2 heterocycles. The van der Waals surface area contributed by atoms with Crippen LogP contribution < -0.4 is 26.6 Å². The number of esters is 3. The first-order valence-corrected chi connectivity index (χ1v) is 28.2. The number of thioether (sulfide) groups is 1. The molecule has 82 heavy (non-hydrogen) atoms. The topological polar surface area (TPSA) is 340 Å². The fourth-order valence-corrected chi connectivity index (χ4v) is 8.04. The summed E-state index contributed by atoms with van der Waals surface area (Å²) in [5.74, 6) is -8.21. The first-order chi connectivity index (χ1) is 39.2. The number of likely N-dealkylation sites (N-methyl/N-ethyl adjacent to an activating group) is 3. The van der Waals surface area contributed by atoms with Crippen molar-refractivity contribution in [2.75, 3.05) is 151 Å². The average molecular weight is 1180 g/mol. The molecule has 0 aromatic heterocycles. The molecule has 3 rings (SSSR count). The highest BCUT2D eigenvalue weighted by molar-refractivity contribution is 7.98. The number of unbranched alkanes of at least 4 members (excludes halogenated alkanes) is 1. The summed E-state index contributed by atoms with van der Waals surface area (Å²) >= 11 is 1.37. The van der Waals surface area contributed by atoms with E-state index in [1.807, 2.05) is 23.6 Å². The average Bonchev–Trinajstić information content (AvgIpc) is 3.74. The van der Waals surface area contributed by atoms with Crippen molar-refractivity contribution in [2.24, 2.45) is 0 Å². The smallest absolute Gasteiger partial charge is 0.412 e. The Kier molecular flexibility index (Phi) is 33.0. The molecule has 1 saturated heterocycles. The van der Waals surface area contributed by atoms with Gasteiger partial charge >= 0.3 is 30.4 Å². The molecule has 0 saturated carbocycles. The van der Waals surface area contributed by atoms with Gasteiger partial charge in [0.05, 0.1) is 71.3 Å². The number of amides is 7. The van der Waals surface area contributed by atoms with Gasteiger partial charge in [0.25, 0.3) is 17.7 Å². The number of carboxylic acids is 1. The zero-order chi connectivity index (χ0) is 60.4. The minimum Gasteiger partial charge on any atom is -0.480 e. The van der Waals surface area contributed by atoms with Crippen molar-refractivity contribution >= 4 is 77.0 Å². The SMILES string of the molecule is CCN(C)CC(=O)OC1OC(=O)CN(C)CCN(CCN(CC)CC(=O)NCCOCCOCCOCC(=O)NCc2ccc(F)c(C(=O)N[C@@H](CCSC)C(=O)NCC(=O)N[C@@H](CCCCN3C(=O)C=CC3=O)C(=O)O)c2)CC(=O)O1. The van der Waals surface area contributed by atoms with E-state index in [0.717, 1.165) is 23.1 Å². The normalized spacial score (nSPS) is 16.0. The van der Waals surface area contributed by atoms with E-state index in [1.54, 1.807) is 30.2 Å². The van der Waals surface area contributed by atoms with Crippen molar-refractivity contribution in [1.29, 1.82) is 0 Å². The first kappa shape index (κ1) is 69.6. The Morgan fingerprint density at radius 2 is 1.48 bits per heavy atom. The number of nitrogens with zero attached hydrogens (tertiary/aromatic N) is 5. The van der Waals surface area contributed by atoms with Gasteiger partial charge in [-0.05, 0) is 82.6 Å². The summed E-state index contributed by atoms with van der Waals surface area (Å²) in [6.45, 7) is 4.54. The molecule has 30 heteroatoms. The van der Waals surface area contributed by atoms with Gasteiger partial charge in [-0.25, -0.2) is 9.18 Å². The van der Waals surface area contributed by atoms with Gasteiger partial charge in [0, 0.05) is 58.0 Å². The summed E-state index contributed by atoms with van der Waals surface area (Å²) in [6.07, 6.45) is 4.71. The summed E-state index contributed by atoms with van der Waals surface area (Å²) < 4.78 is 46.8. The lowest BCUT2D eigenvalue weighted by molar-refractivity contribution is -0.258. The summed E-state index contributed by atoms with van der Waals surface area (Å²) in [7, 11) is 3.41. The largest absolute Gasteiger partial charge is 0.480 e. The minimum absolute atomic E-state index is 0.0141. The zero-order valence-electron chi connectivity index (χ0n) is 47.2. The van der Waals surface area contributed by atoms with Crippen LogP contribution in [0.4, 0.5) is 4.39 Å². The number of cyclic esters (lactones) is 2. The van der Waals surface area contributed by atoms with Gasteiger partial charge in [-0.1, -0.05) is 19.9 Å². The number of benzene rings is 1. The molecule has 0 radical (unpaired) electrons. The molecule has 2 aliphatic heterocycles. The second-order valence-corrected chi connectivity index (χ2v) is 19.8. The van der Waals surface area contributed by atoms with E-state index < -0.39 is 95.8 Å². The number of carbonyl (C=O) groups is 11. The maximum absolute atomic E-state index is 14.9. The molecule has 3 atom stereocenters. The molecular weight excluding hydrogens is 1100 g/mol. The third-order valence-electron chi connectivity index (χ3n) is 12.3. The van der Waals surface area contributed by atoms with E-state index in [0.29, 0.717) is 57.0 Å². The number of ether oxygens (including phenoxy) is 6. The lowest BCUT2D eigenvalue weighted by atomic mass is 10.1. The highest BCUT2D eigenvalue weighted by Gasteiger charge is 2.29. The fraction of sp³-hybridized carbons (Fsp3) is 0.635. The van der Waals surface area contributed by atoms with Crippen molar-refractivity contribution < 1.29 is 90.7 Å². The summed E-state index contributed by atoms with van der Waals surface area (Å²) in [4.78, 5) is 145. The Labute approximate surface area is 480 Å². The lowest BCUT2D eigenvalue weighted by Gasteiger charge is -2.27. The monoisotopic (exact) mass is 1180 g/mol. The van der Waals surface area contributed by atoms with Gasteiger partial charge in [-0.2, -0.15) is 11.8 Å². The van der Waals surface area contributed by atoms with E-state index in [1.165, 1.54) is 23.9 Å². The molecule has 1 unspecified atom stereocenters. The van der Waals surface area contributed by atoms with Crippen LogP contribution in [-0.4, -0.2) is 264 Å². The number of carbonyl (C=O) groups excluding carboxylic acids is 10. The Morgan fingerprint density at radius 1 is 0.793 bits per heavy atom. The van der Waals surface area contributed by atoms with Gasteiger partial charge in [0.15, 0.2) is 0 Å². The van der Waals surface area contributed by atoms with Crippen molar-refractivity contribution in [3.8, 4) is 0 Å². The van der Waals surface area contributed by atoms with E-state index in [4.69, 9.17) is 28.4 Å². The Bertz CT molecular complexity index is 2320. The number of rotatable bonds is 38. The number of halogens is 1. The van der Waals surface area contributed by atoms with Gasteiger partial charge in [-0.3, -0.25) is 72.4 Å². The molecule has 0 spiro atoms. The fourth-order valence-electron chi connectivity index (χ4n) is 7.57. The number of aliphatic carboxylic acids is 1. The summed E-state index contributed by atoms with van der Waals surface area (Å²) in [5, 5.41) is 22.2. The third kappa shape index (κ3) is 28.3. The molecule has 1 fully saturated rings. The number of hydrogen-bond donors (Lipinski definition) is 6. The van der Waals surface area contributed by atoms with Crippen LogP contribution in [0.2, 0.25) is 0 Å². The van der Waals surface area contributed by atoms with Gasteiger partial charge in [-0.15, -0.1) is 0 Å². The molecule has 1 aromatic rings. The molecule has 2 aliphatic rings. The van der Waals surface area contributed by atoms with Gasteiger partial charge in [0.2, 0.25) is 23.6 Å². The number of hydrogen-bond acceptors (Lipinski definition) is 22.